The van der Waals surface area contributed by atoms with E-state index in [1.165, 1.54) is 6.07 Å². The quantitative estimate of drug-likeness (QED) is 0.844. The molecule has 0 radical (unpaired) electrons. The summed E-state index contributed by atoms with van der Waals surface area (Å²) in [5, 5.41) is 0. The molecule has 106 valence electrons. The Morgan fingerprint density at radius 3 is 2.84 bits per heavy atom. The molecule has 6 heteroatoms. The van der Waals surface area contributed by atoms with Crippen LogP contribution in [0.1, 0.15) is 30.9 Å². The molecular formula is C13H17F2NO2S. The van der Waals surface area contributed by atoms with Gasteiger partial charge in [-0.2, -0.15) is 0 Å². The number of hydrogen-bond donors (Lipinski definition) is 1. The fraction of sp³-hybridized carbons (Fsp3) is 0.538. The Balaban J connectivity index is 2.07. The lowest BCUT2D eigenvalue weighted by Gasteiger charge is -2.24. The Kier molecular flexibility index (Phi) is 4.87. The first-order valence-corrected chi connectivity index (χ1v) is 7.75. The molecule has 0 bridgehead atoms. The molecule has 1 aliphatic rings. The molecule has 1 saturated heterocycles. The predicted molar refractivity (Wildman–Crippen MR) is 69.7 cm³/mol. The molecule has 19 heavy (non-hydrogen) atoms. The van der Waals surface area contributed by atoms with Crippen molar-refractivity contribution in [2.24, 2.45) is 0 Å². The van der Waals surface area contributed by atoms with E-state index in [4.69, 9.17) is 0 Å². The largest absolute Gasteiger partial charge is 0.296 e. The summed E-state index contributed by atoms with van der Waals surface area (Å²) >= 11 is 0. The van der Waals surface area contributed by atoms with Gasteiger partial charge in [0.1, 0.15) is 22.3 Å². The maximum atomic E-state index is 13.8. The molecule has 1 heterocycles. The molecule has 2 rings (SSSR count). The number of likely N-dealkylation sites (tertiary alicyclic amines) is 1. The molecule has 0 spiro atoms. The van der Waals surface area contributed by atoms with Gasteiger partial charge in [0.15, 0.2) is 0 Å². The highest BCUT2D eigenvalue weighted by atomic mass is 32.2. The summed E-state index contributed by atoms with van der Waals surface area (Å²) in [7, 11) is -2.36. The van der Waals surface area contributed by atoms with Crippen LogP contribution in [0.4, 0.5) is 8.78 Å². The fourth-order valence-electron chi connectivity index (χ4n) is 2.62. The Morgan fingerprint density at radius 1 is 1.32 bits per heavy atom. The first-order valence-electron chi connectivity index (χ1n) is 6.38. The summed E-state index contributed by atoms with van der Waals surface area (Å²) in [6, 6.07) is 3.36. The molecule has 3 nitrogen and oxygen atoms in total. The van der Waals surface area contributed by atoms with Crippen molar-refractivity contribution in [1.82, 2.24) is 4.90 Å². The van der Waals surface area contributed by atoms with Crippen molar-refractivity contribution in [2.75, 3.05) is 18.8 Å². The van der Waals surface area contributed by atoms with E-state index >= 15 is 0 Å². The number of nitrogens with zero attached hydrogens (tertiary/aromatic N) is 1. The highest BCUT2D eigenvalue weighted by Crippen LogP contribution is 2.33. The van der Waals surface area contributed by atoms with Crippen LogP contribution in [-0.4, -0.2) is 32.2 Å². The smallest absolute Gasteiger partial charge is 0.140 e. The first-order chi connectivity index (χ1) is 9.08. The number of benzene rings is 1. The van der Waals surface area contributed by atoms with Gasteiger partial charge >= 0.3 is 0 Å². The van der Waals surface area contributed by atoms with Gasteiger partial charge in [-0.1, -0.05) is 0 Å². The van der Waals surface area contributed by atoms with Gasteiger partial charge in [-0.25, -0.2) is 17.2 Å². The van der Waals surface area contributed by atoms with Gasteiger partial charge in [0, 0.05) is 17.4 Å². The van der Waals surface area contributed by atoms with Crippen molar-refractivity contribution in [1.29, 1.82) is 0 Å². The van der Waals surface area contributed by atoms with Gasteiger partial charge in [0.05, 0.1) is 0 Å². The van der Waals surface area contributed by atoms with Gasteiger partial charge in [0.2, 0.25) is 0 Å². The normalized spacial score (nSPS) is 20.3. The molecule has 0 amide bonds. The van der Waals surface area contributed by atoms with Crippen LogP contribution < -0.4 is 0 Å². The fourth-order valence-corrected chi connectivity index (χ4v) is 3.02. The van der Waals surface area contributed by atoms with Gasteiger partial charge in [0.25, 0.3) is 0 Å². The van der Waals surface area contributed by atoms with Crippen LogP contribution in [0.15, 0.2) is 18.2 Å². The minimum atomic E-state index is -2.36. The van der Waals surface area contributed by atoms with Gasteiger partial charge < -0.3 is 0 Å². The monoisotopic (exact) mass is 289 g/mol. The van der Waals surface area contributed by atoms with E-state index in [0.29, 0.717) is 18.5 Å². The highest BCUT2D eigenvalue weighted by molar-refractivity contribution is 7.72. The predicted octanol–water partition coefficient (Wildman–Crippen LogP) is 2.10. The number of thiol groups is 1. The average molecular weight is 289 g/mol. The van der Waals surface area contributed by atoms with Crippen LogP contribution in [0.3, 0.4) is 0 Å². The summed E-state index contributed by atoms with van der Waals surface area (Å²) in [5.74, 6) is -0.691. The Bertz CT molecular complexity index is 511. The second-order valence-corrected chi connectivity index (χ2v) is 5.88. The Morgan fingerprint density at radius 2 is 2.11 bits per heavy atom. The minimum absolute atomic E-state index is 0.139. The summed E-state index contributed by atoms with van der Waals surface area (Å²) in [6.45, 7) is 1.40. The lowest BCUT2D eigenvalue weighted by Crippen LogP contribution is -2.25. The lowest BCUT2D eigenvalue weighted by atomic mass is 10.0. The van der Waals surface area contributed by atoms with Crippen molar-refractivity contribution in [3.05, 3.63) is 35.4 Å². The molecule has 1 fully saturated rings. The topological polar surface area (TPSA) is 37.4 Å². The molecule has 0 N–H and O–H groups in total. The molecular weight excluding hydrogens is 272 g/mol. The summed E-state index contributed by atoms with van der Waals surface area (Å²) in [6.07, 6.45) is 2.24. The van der Waals surface area contributed by atoms with Crippen LogP contribution in [0.5, 0.6) is 0 Å². The second-order valence-electron chi connectivity index (χ2n) is 4.77. The molecule has 0 aromatic heterocycles. The van der Waals surface area contributed by atoms with Crippen LogP contribution in [-0.2, 0) is 10.7 Å². The molecule has 0 aliphatic carbocycles. The van der Waals surface area contributed by atoms with Crippen molar-refractivity contribution in [2.45, 2.75) is 25.3 Å². The average Bonchev–Trinajstić information content (AvgIpc) is 2.80. The van der Waals surface area contributed by atoms with Crippen LogP contribution >= 0.6 is 0 Å². The maximum absolute atomic E-state index is 13.8. The standard InChI is InChI=1S/C13H17F2NO2S/c14-10-4-5-12(15)11(9-10)13-3-1-6-16(13)7-2-8-19(17)18/h4-5,9,13,19H,1-3,6-8H2/t13-/m1/s1. The first kappa shape index (κ1) is 14.4. The third kappa shape index (κ3) is 3.73. The van der Waals surface area contributed by atoms with E-state index in [0.717, 1.165) is 31.5 Å². The van der Waals surface area contributed by atoms with E-state index in [2.05, 4.69) is 0 Å². The summed E-state index contributed by atoms with van der Waals surface area (Å²) in [4.78, 5) is 2.04. The highest BCUT2D eigenvalue weighted by Gasteiger charge is 2.27. The molecule has 0 unspecified atom stereocenters. The van der Waals surface area contributed by atoms with Crippen molar-refractivity contribution >= 4 is 10.7 Å². The molecule has 1 atom stereocenters. The van der Waals surface area contributed by atoms with Gasteiger partial charge in [-0.05, 0) is 50.6 Å². The van der Waals surface area contributed by atoms with Crippen molar-refractivity contribution in [3.8, 4) is 0 Å². The molecule has 1 aromatic rings. The SMILES string of the molecule is O=[SH](=O)CCCN1CCC[C@@H]1c1cc(F)ccc1F. The zero-order valence-electron chi connectivity index (χ0n) is 10.5. The second kappa shape index (κ2) is 6.43. The lowest BCUT2D eigenvalue weighted by molar-refractivity contribution is 0.253. The number of rotatable bonds is 5. The third-order valence-corrected chi connectivity index (χ3v) is 4.15. The number of halogens is 2. The zero-order chi connectivity index (χ0) is 13.8. The van der Waals surface area contributed by atoms with Crippen LogP contribution in [0.25, 0.3) is 0 Å². The molecule has 1 aliphatic heterocycles. The Hall–Kier alpha value is -1.01. The van der Waals surface area contributed by atoms with E-state index in [9.17, 15) is 17.2 Å². The Labute approximate surface area is 113 Å². The van der Waals surface area contributed by atoms with Crippen LogP contribution in [0, 0.1) is 11.6 Å². The zero-order valence-corrected chi connectivity index (χ0v) is 11.4. The number of hydrogen-bond acceptors (Lipinski definition) is 3. The van der Waals surface area contributed by atoms with Crippen molar-refractivity contribution in [3.63, 3.8) is 0 Å². The van der Waals surface area contributed by atoms with Gasteiger partial charge in [-0.3, -0.25) is 4.90 Å². The summed E-state index contributed by atoms with van der Waals surface area (Å²) < 4.78 is 48.0. The minimum Gasteiger partial charge on any atom is -0.296 e. The van der Waals surface area contributed by atoms with E-state index in [1.807, 2.05) is 4.90 Å². The molecule has 1 aromatic carbocycles. The molecule has 0 saturated carbocycles. The summed E-state index contributed by atoms with van der Waals surface area (Å²) in [5.41, 5.74) is 0.379. The van der Waals surface area contributed by atoms with Crippen molar-refractivity contribution < 1.29 is 17.2 Å². The van der Waals surface area contributed by atoms with Gasteiger partial charge in [-0.15, -0.1) is 0 Å². The van der Waals surface area contributed by atoms with Crippen LogP contribution in [0.2, 0.25) is 0 Å². The van der Waals surface area contributed by atoms with E-state index < -0.39 is 22.3 Å². The maximum Gasteiger partial charge on any atom is 0.140 e. The van der Waals surface area contributed by atoms with E-state index in [-0.39, 0.29) is 11.8 Å². The van der Waals surface area contributed by atoms with E-state index in [1.54, 1.807) is 0 Å². The third-order valence-electron chi connectivity index (χ3n) is 3.47.